The molecule has 2 N–H and O–H groups in total. The van der Waals surface area contributed by atoms with Crippen LogP contribution in [0.3, 0.4) is 0 Å². The van der Waals surface area contributed by atoms with E-state index < -0.39 is 5.72 Å². The van der Waals surface area contributed by atoms with Gasteiger partial charge in [0.15, 0.2) is 5.72 Å². The smallest absolute Gasteiger partial charge is 0.307 e. The number of nitrogens with two attached hydrogens (primary N) is 1. The Hall–Kier alpha value is -0.570. The normalized spacial score (nSPS) is 22.8. The fourth-order valence-electron chi connectivity index (χ4n) is 2.08. The third-order valence-electron chi connectivity index (χ3n) is 3.04. The summed E-state index contributed by atoms with van der Waals surface area (Å²) >= 11 is 0. The highest BCUT2D eigenvalue weighted by Crippen LogP contribution is 2.31. The van der Waals surface area contributed by atoms with Crippen molar-refractivity contribution in [1.82, 2.24) is 0 Å². The third kappa shape index (κ3) is 2.98. The summed E-state index contributed by atoms with van der Waals surface area (Å²) in [5.41, 5.74) is 5.27. The minimum absolute atomic E-state index is 0.194. The van der Waals surface area contributed by atoms with Gasteiger partial charge in [-0.2, -0.15) is 0 Å². The zero-order valence-corrected chi connectivity index (χ0v) is 9.21. The lowest BCUT2D eigenvalue weighted by atomic mass is 9.82. The van der Waals surface area contributed by atoms with E-state index in [2.05, 4.69) is 0 Å². The first-order valence-corrected chi connectivity index (χ1v) is 5.57. The predicted molar refractivity (Wildman–Crippen MR) is 55.6 cm³/mol. The second kappa shape index (κ2) is 4.78. The van der Waals surface area contributed by atoms with Gasteiger partial charge in [-0.15, -0.1) is 0 Å². The van der Waals surface area contributed by atoms with Crippen LogP contribution < -0.4 is 5.73 Å². The molecule has 1 aliphatic rings. The molecule has 1 aliphatic carbocycles. The Balaban J connectivity index is 2.49. The maximum atomic E-state index is 11.2. The Kier molecular flexibility index (Phi) is 3.93. The van der Waals surface area contributed by atoms with Gasteiger partial charge in [-0.05, 0) is 19.8 Å². The molecule has 0 heterocycles. The highest BCUT2D eigenvalue weighted by molar-refractivity contribution is 5.69. The molecule has 0 bridgehead atoms. The summed E-state index contributed by atoms with van der Waals surface area (Å²) in [6.07, 6.45) is 6.28. The largest absolute Gasteiger partial charge is 0.444 e. The summed E-state index contributed by atoms with van der Waals surface area (Å²) in [7, 11) is 0. The molecule has 0 aliphatic heterocycles. The van der Waals surface area contributed by atoms with E-state index in [1.54, 1.807) is 6.92 Å². The van der Waals surface area contributed by atoms with Crippen molar-refractivity contribution in [2.75, 3.05) is 0 Å². The summed E-state index contributed by atoms with van der Waals surface area (Å²) in [6.45, 7) is 3.62. The summed E-state index contributed by atoms with van der Waals surface area (Å²) in [5, 5.41) is 0. The average Bonchev–Trinajstić information content (AvgIpc) is 2.18. The van der Waals surface area contributed by atoms with E-state index in [-0.39, 0.29) is 5.97 Å². The van der Waals surface area contributed by atoms with Gasteiger partial charge in [-0.3, -0.25) is 10.5 Å². The molecule has 0 aromatic heterocycles. The van der Waals surface area contributed by atoms with Gasteiger partial charge in [0.1, 0.15) is 0 Å². The molecule has 0 aromatic rings. The Morgan fingerprint density at radius 3 is 2.50 bits per heavy atom. The fraction of sp³-hybridized carbons (Fsp3) is 0.909. The number of carbonyl (C=O) groups excluding carboxylic acids is 1. The number of esters is 1. The van der Waals surface area contributed by atoms with E-state index in [1.807, 2.05) is 6.92 Å². The van der Waals surface area contributed by atoms with Gasteiger partial charge >= 0.3 is 5.97 Å². The zero-order valence-electron chi connectivity index (χ0n) is 9.21. The first-order chi connectivity index (χ1) is 6.56. The molecule has 0 aromatic carbocycles. The molecule has 0 spiro atoms. The Bertz CT molecular complexity index is 195. The van der Waals surface area contributed by atoms with Crippen LogP contribution in [0.5, 0.6) is 0 Å². The lowest BCUT2D eigenvalue weighted by molar-refractivity contribution is -0.164. The van der Waals surface area contributed by atoms with Crippen LogP contribution in [0.4, 0.5) is 0 Å². The van der Waals surface area contributed by atoms with Crippen LogP contribution in [0.1, 0.15) is 52.4 Å². The quantitative estimate of drug-likeness (QED) is 0.560. The van der Waals surface area contributed by atoms with Crippen molar-refractivity contribution in [2.45, 2.75) is 58.1 Å². The van der Waals surface area contributed by atoms with Gasteiger partial charge in [0.05, 0.1) is 0 Å². The van der Waals surface area contributed by atoms with Gasteiger partial charge in [0, 0.05) is 12.3 Å². The van der Waals surface area contributed by atoms with Crippen molar-refractivity contribution in [3.05, 3.63) is 0 Å². The SMILES string of the molecule is CCC(=O)OC(C)(N)C1CCCCC1. The first kappa shape index (κ1) is 11.5. The zero-order chi connectivity index (χ0) is 10.6. The van der Waals surface area contributed by atoms with Crippen LogP contribution in [-0.4, -0.2) is 11.7 Å². The summed E-state index contributed by atoms with van der Waals surface area (Å²) < 4.78 is 5.27. The minimum atomic E-state index is -0.756. The second-order valence-corrected chi connectivity index (χ2v) is 4.35. The summed E-state index contributed by atoms with van der Waals surface area (Å²) in [6, 6.07) is 0. The number of rotatable bonds is 3. The molecule has 14 heavy (non-hydrogen) atoms. The summed E-state index contributed by atoms with van der Waals surface area (Å²) in [4.78, 5) is 11.2. The first-order valence-electron chi connectivity index (χ1n) is 5.57. The maximum Gasteiger partial charge on any atom is 0.307 e. The summed E-state index contributed by atoms with van der Waals surface area (Å²) in [5.74, 6) is 0.146. The van der Waals surface area contributed by atoms with Gasteiger partial charge in [-0.25, -0.2) is 0 Å². The molecule has 3 nitrogen and oxygen atoms in total. The van der Waals surface area contributed by atoms with Gasteiger partial charge in [0.25, 0.3) is 0 Å². The minimum Gasteiger partial charge on any atom is -0.444 e. The molecule has 1 fully saturated rings. The van der Waals surface area contributed by atoms with E-state index >= 15 is 0 Å². The second-order valence-electron chi connectivity index (χ2n) is 4.35. The van der Waals surface area contributed by atoms with E-state index in [4.69, 9.17) is 10.5 Å². The molecular weight excluding hydrogens is 178 g/mol. The number of hydrogen-bond acceptors (Lipinski definition) is 3. The van der Waals surface area contributed by atoms with E-state index in [0.29, 0.717) is 12.3 Å². The lowest BCUT2D eigenvalue weighted by Gasteiger charge is -2.35. The van der Waals surface area contributed by atoms with Crippen molar-refractivity contribution < 1.29 is 9.53 Å². The number of carbonyl (C=O) groups is 1. The number of hydrogen-bond donors (Lipinski definition) is 1. The molecule has 3 heteroatoms. The van der Waals surface area contributed by atoms with Crippen LogP contribution in [0.2, 0.25) is 0 Å². The third-order valence-corrected chi connectivity index (χ3v) is 3.04. The molecule has 1 saturated carbocycles. The van der Waals surface area contributed by atoms with Crippen LogP contribution in [-0.2, 0) is 9.53 Å². The Morgan fingerprint density at radius 1 is 1.43 bits per heavy atom. The van der Waals surface area contributed by atoms with Crippen molar-refractivity contribution in [3.8, 4) is 0 Å². The van der Waals surface area contributed by atoms with Crippen LogP contribution in [0.15, 0.2) is 0 Å². The van der Waals surface area contributed by atoms with Crippen LogP contribution in [0.25, 0.3) is 0 Å². The van der Waals surface area contributed by atoms with Crippen molar-refractivity contribution in [3.63, 3.8) is 0 Å². The predicted octanol–water partition coefficient (Wildman–Crippen LogP) is 2.19. The Labute approximate surface area is 86.0 Å². The highest BCUT2D eigenvalue weighted by atomic mass is 16.6. The fourth-order valence-corrected chi connectivity index (χ4v) is 2.08. The van der Waals surface area contributed by atoms with Crippen LogP contribution in [0, 0.1) is 5.92 Å². The lowest BCUT2D eigenvalue weighted by Crippen LogP contribution is -2.48. The van der Waals surface area contributed by atoms with Crippen molar-refractivity contribution in [1.29, 1.82) is 0 Å². The highest BCUT2D eigenvalue weighted by Gasteiger charge is 2.34. The number of ether oxygens (including phenoxy) is 1. The standard InChI is InChI=1S/C11H21NO2/c1-3-10(13)14-11(2,12)9-7-5-4-6-8-9/h9H,3-8,12H2,1-2H3. The molecule has 1 rings (SSSR count). The Morgan fingerprint density at radius 2 is 2.00 bits per heavy atom. The topological polar surface area (TPSA) is 52.3 Å². The molecule has 1 atom stereocenters. The monoisotopic (exact) mass is 199 g/mol. The molecule has 1 unspecified atom stereocenters. The van der Waals surface area contributed by atoms with Crippen LogP contribution >= 0.6 is 0 Å². The van der Waals surface area contributed by atoms with Crippen molar-refractivity contribution >= 4 is 5.97 Å². The van der Waals surface area contributed by atoms with E-state index in [1.165, 1.54) is 19.3 Å². The average molecular weight is 199 g/mol. The van der Waals surface area contributed by atoms with E-state index in [9.17, 15) is 4.79 Å². The molecule has 82 valence electrons. The van der Waals surface area contributed by atoms with Gasteiger partial charge in [-0.1, -0.05) is 26.2 Å². The molecule has 0 amide bonds. The van der Waals surface area contributed by atoms with E-state index in [0.717, 1.165) is 12.8 Å². The van der Waals surface area contributed by atoms with Gasteiger partial charge in [0.2, 0.25) is 0 Å². The molecular formula is C11H21NO2. The van der Waals surface area contributed by atoms with Gasteiger partial charge < -0.3 is 4.74 Å². The van der Waals surface area contributed by atoms with Crippen molar-refractivity contribution in [2.24, 2.45) is 11.7 Å². The maximum absolute atomic E-state index is 11.2. The molecule has 0 saturated heterocycles. The molecule has 0 radical (unpaired) electrons.